The predicted octanol–water partition coefficient (Wildman–Crippen LogP) is 3.44. The molecule has 0 bridgehead atoms. The predicted molar refractivity (Wildman–Crippen MR) is 62.8 cm³/mol. The van der Waals surface area contributed by atoms with Gasteiger partial charge in [-0.25, -0.2) is 0 Å². The van der Waals surface area contributed by atoms with Gasteiger partial charge in [-0.2, -0.15) is 0 Å². The van der Waals surface area contributed by atoms with E-state index in [0.717, 1.165) is 11.2 Å². The second-order valence-corrected chi connectivity index (χ2v) is 3.72. The van der Waals surface area contributed by atoms with Crippen LogP contribution in [0.5, 0.6) is 0 Å². The van der Waals surface area contributed by atoms with E-state index in [0.29, 0.717) is 5.92 Å². The fourth-order valence-electron chi connectivity index (χ4n) is 1.90. The number of para-hydroxylation sites is 1. The van der Waals surface area contributed by atoms with E-state index < -0.39 is 0 Å². The summed E-state index contributed by atoms with van der Waals surface area (Å²) < 4.78 is 0. The van der Waals surface area contributed by atoms with Gasteiger partial charge in [0, 0.05) is 11.3 Å². The van der Waals surface area contributed by atoms with Crippen LogP contribution in [0, 0.1) is 0 Å². The Morgan fingerprint density at radius 1 is 0.867 bits per heavy atom. The largest absolute Gasteiger partial charge is 0.252 e. The molecule has 0 amide bonds. The SMILES string of the molecule is C1=CC(c2ccc3ccccc3n2)C=C1. The summed E-state index contributed by atoms with van der Waals surface area (Å²) in [5.74, 6) is 0.356. The molecule has 0 unspecified atom stereocenters. The van der Waals surface area contributed by atoms with Crippen molar-refractivity contribution in [3.8, 4) is 0 Å². The minimum atomic E-state index is 0.356. The minimum Gasteiger partial charge on any atom is -0.252 e. The van der Waals surface area contributed by atoms with Crippen molar-refractivity contribution in [1.29, 1.82) is 0 Å². The number of allylic oxidation sites excluding steroid dienone is 4. The van der Waals surface area contributed by atoms with E-state index in [2.05, 4.69) is 53.6 Å². The number of hydrogen-bond acceptors (Lipinski definition) is 1. The van der Waals surface area contributed by atoms with Gasteiger partial charge >= 0.3 is 0 Å². The third-order valence-electron chi connectivity index (χ3n) is 2.71. The lowest BCUT2D eigenvalue weighted by Crippen LogP contribution is -1.93. The van der Waals surface area contributed by atoms with Crippen LogP contribution in [0.2, 0.25) is 0 Å². The summed E-state index contributed by atoms with van der Waals surface area (Å²) >= 11 is 0. The van der Waals surface area contributed by atoms with Gasteiger partial charge in [-0.3, -0.25) is 4.98 Å². The van der Waals surface area contributed by atoms with Crippen molar-refractivity contribution in [3.05, 3.63) is 66.4 Å². The van der Waals surface area contributed by atoms with Gasteiger partial charge in [0.15, 0.2) is 0 Å². The highest BCUT2D eigenvalue weighted by Crippen LogP contribution is 2.23. The highest BCUT2D eigenvalue weighted by molar-refractivity contribution is 5.78. The first-order valence-electron chi connectivity index (χ1n) is 5.14. The van der Waals surface area contributed by atoms with Gasteiger partial charge in [0.25, 0.3) is 0 Å². The van der Waals surface area contributed by atoms with Gasteiger partial charge < -0.3 is 0 Å². The maximum absolute atomic E-state index is 4.65. The summed E-state index contributed by atoms with van der Waals surface area (Å²) in [6.07, 6.45) is 8.47. The lowest BCUT2D eigenvalue weighted by atomic mass is 10.1. The summed E-state index contributed by atoms with van der Waals surface area (Å²) in [5.41, 5.74) is 2.20. The lowest BCUT2D eigenvalue weighted by molar-refractivity contribution is 1.03. The fraction of sp³-hybridized carbons (Fsp3) is 0.0714. The van der Waals surface area contributed by atoms with E-state index in [1.54, 1.807) is 0 Å². The molecule has 1 aromatic heterocycles. The maximum Gasteiger partial charge on any atom is 0.0705 e. The maximum atomic E-state index is 4.65. The Bertz CT molecular complexity index is 540. The molecule has 1 aliphatic carbocycles. The molecule has 0 saturated carbocycles. The summed E-state index contributed by atoms with van der Waals surface area (Å²) in [6.45, 7) is 0. The van der Waals surface area contributed by atoms with E-state index in [1.165, 1.54) is 5.39 Å². The molecule has 0 N–H and O–H groups in total. The molecule has 0 saturated heterocycles. The average Bonchev–Trinajstić information content (AvgIpc) is 2.82. The zero-order chi connectivity index (χ0) is 10.1. The van der Waals surface area contributed by atoms with Crippen molar-refractivity contribution in [2.75, 3.05) is 0 Å². The second kappa shape index (κ2) is 3.35. The van der Waals surface area contributed by atoms with Crippen LogP contribution in [0.1, 0.15) is 11.6 Å². The fourth-order valence-corrected chi connectivity index (χ4v) is 1.90. The standard InChI is InChI=1S/C14H11N/c1-2-6-11(5-1)14-10-9-12-7-3-4-8-13(12)15-14/h1-11H. The highest BCUT2D eigenvalue weighted by Gasteiger charge is 2.08. The summed E-state index contributed by atoms with van der Waals surface area (Å²) in [7, 11) is 0. The highest BCUT2D eigenvalue weighted by atomic mass is 14.7. The van der Waals surface area contributed by atoms with Crippen LogP contribution in [-0.4, -0.2) is 4.98 Å². The molecule has 15 heavy (non-hydrogen) atoms. The monoisotopic (exact) mass is 193 g/mol. The number of nitrogens with zero attached hydrogens (tertiary/aromatic N) is 1. The van der Waals surface area contributed by atoms with Crippen LogP contribution in [0.15, 0.2) is 60.7 Å². The Morgan fingerprint density at radius 2 is 1.67 bits per heavy atom. The first-order chi connectivity index (χ1) is 7.43. The molecule has 0 fully saturated rings. The molecule has 72 valence electrons. The Morgan fingerprint density at radius 3 is 2.53 bits per heavy atom. The van der Waals surface area contributed by atoms with Crippen molar-refractivity contribution in [3.63, 3.8) is 0 Å². The van der Waals surface area contributed by atoms with E-state index in [4.69, 9.17) is 0 Å². The third-order valence-corrected chi connectivity index (χ3v) is 2.71. The molecule has 0 atom stereocenters. The molecule has 1 nitrogen and oxygen atoms in total. The topological polar surface area (TPSA) is 12.9 Å². The Kier molecular flexibility index (Phi) is 1.88. The quantitative estimate of drug-likeness (QED) is 0.676. The van der Waals surface area contributed by atoms with Crippen LogP contribution in [-0.2, 0) is 0 Å². The van der Waals surface area contributed by atoms with Gasteiger partial charge in [0.05, 0.1) is 11.2 Å². The average molecular weight is 193 g/mol. The Labute approximate surface area is 88.8 Å². The summed E-state index contributed by atoms with van der Waals surface area (Å²) in [5, 5.41) is 1.20. The molecule has 1 aromatic carbocycles. The number of aromatic nitrogens is 1. The zero-order valence-corrected chi connectivity index (χ0v) is 8.30. The van der Waals surface area contributed by atoms with Crippen LogP contribution in [0.4, 0.5) is 0 Å². The molecule has 0 radical (unpaired) electrons. The van der Waals surface area contributed by atoms with Crippen molar-refractivity contribution in [1.82, 2.24) is 4.98 Å². The van der Waals surface area contributed by atoms with Gasteiger partial charge in [0.1, 0.15) is 0 Å². The number of benzene rings is 1. The van der Waals surface area contributed by atoms with E-state index in [1.807, 2.05) is 12.1 Å². The van der Waals surface area contributed by atoms with Crippen LogP contribution >= 0.6 is 0 Å². The van der Waals surface area contributed by atoms with Crippen molar-refractivity contribution < 1.29 is 0 Å². The van der Waals surface area contributed by atoms with Gasteiger partial charge in [0.2, 0.25) is 0 Å². The first kappa shape index (κ1) is 8.42. The van der Waals surface area contributed by atoms with Crippen molar-refractivity contribution >= 4 is 10.9 Å². The summed E-state index contributed by atoms with van der Waals surface area (Å²) in [4.78, 5) is 4.65. The third kappa shape index (κ3) is 1.46. The first-order valence-corrected chi connectivity index (χ1v) is 5.14. The van der Waals surface area contributed by atoms with Gasteiger partial charge in [-0.1, -0.05) is 48.6 Å². The van der Waals surface area contributed by atoms with Crippen molar-refractivity contribution in [2.24, 2.45) is 0 Å². The lowest BCUT2D eigenvalue weighted by Gasteiger charge is -2.05. The van der Waals surface area contributed by atoms with E-state index in [9.17, 15) is 0 Å². The Hall–Kier alpha value is -1.89. The molecule has 0 aliphatic heterocycles. The van der Waals surface area contributed by atoms with E-state index >= 15 is 0 Å². The second-order valence-electron chi connectivity index (χ2n) is 3.72. The van der Waals surface area contributed by atoms with Crippen LogP contribution in [0.25, 0.3) is 10.9 Å². The van der Waals surface area contributed by atoms with Crippen LogP contribution in [0.3, 0.4) is 0 Å². The normalized spacial score (nSPS) is 15.2. The molecule has 3 rings (SSSR count). The van der Waals surface area contributed by atoms with Gasteiger partial charge in [-0.15, -0.1) is 0 Å². The van der Waals surface area contributed by atoms with E-state index in [-0.39, 0.29) is 0 Å². The number of fused-ring (bicyclic) bond motifs is 1. The van der Waals surface area contributed by atoms with Crippen LogP contribution < -0.4 is 0 Å². The number of hydrogen-bond donors (Lipinski definition) is 0. The molecule has 0 spiro atoms. The molecule has 1 heterocycles. The molecular formula is C14H11N. The molecule has 2 aromatic rings. The zero-order valence-electron chi connectivity index (χ0n) is 8.30. The Balaban J connectivity index is 2.13. The summed E-state index contributed by atoms with van der Waals surface area (Å²) in [6, 6.07) is 12.5. The van der Waals surface area contributed by atoms with Crippen molar-refractivity contribution in [2.45, 2.75) is 5.92 Å². The van der Waals surface area contributed by atoms with Gasteiger partial charge in [-0.05, 0) is 12.1 Å². The number of pyridine rings is 1. The molecule has 1 aliphatic rings. The minimum absolute atomic E-state index is 0.356. The number of rotatable bonds is 1. The smallest absolute Gasteiger partial charge is 0.0705 e. The molecule has 1 heteroatoms. The molecular weight excluding hydrogens is 182 g/mol.